The minimum atomic E-state index is -3.36. The molecule has 1 fully saturated rings. The van der Waals surface area contributed by atoms with Gasteiger partial charge in [-0.1, -0.05) is 6.07 Å². The Labute approximate surface area is 197 Å². The van der Waals surface area contributed by atoms with E-state index in [-0.39, 0.29) is 39.9 Å². The molecule has 3 rings (SSSR count). The predicted molar refractivity (Wildman–Crippen MR) is 119 cm³/mol. The van der Waals surface area contributed by atoms with E-state index in [1.54, 1.807) is 0 Å². The van der Waals surface area contributed by atoms with Gasteiger partial charge in [0.25, 0.3) is 12.3 Å². The first-order chi connectivity index (χ1) is 16.1. The number of alkyl halides is 4. The fourth-order valence-corrected chi connectivity index (χ4v) is 5.50. The van der Waals surface area contributed by atoms with Gasteiger partial charge in [-0.05, 0) is 32.0 Å². The monoisotopic (exact) mass is 518 g/mol. The Kier molecular flexibility index (Phi) is 7.09. The van der Waals surface area contributed by atoms with Crippen LogP contribution in [0.2, 0.25) is 0 Å². The summed E-state index contributed by atoms with van der Waals surface area (Å²) in [6.45, 7) is -0.846. The van der Waals surface area contributed by atoms with Gasteiger partial charge in [-0.2, -0.15) is 8.78 Å². The SMILES string of the molecule is CC1(NC(=O)c2cnc(Nc3cccc(OC(F)F)c3)c(C(=N)C(C)(O)C(F)F)c2)CS(=O)(=O)C1. The van der Waals surface area contributed by atoms with Crippen LogP contribution < -0.4 is 15.4 Å². The quantitative estimate of drug-likeness (QED) is 0.295. The summed E-state index contributed by atoms with van der Waals surface area (Å²) < 4.78 is 79.2. The number of hydrogen-bond donors (Lipinski definition) is 4. The second kappa shape index (κ2) is 9.41. The maximum absolute atomic E-state index is 13.4. The van der Waals surface area contributed by atoms with Crippen LogP contribution in [0.5, 0.6) is 5.75 Å². The molecule has 0 radical (unpaired) electrons. The van der Waals surface area contributed by atoms with Gasteiger partial charge in [0, 0.05) is 23.5 Å². The lowest BCUT2D eigenvalue weighted by molar-refractivity contribution is -0.0498. The number of sulfone groups is 1. The molecule has 1 aromatic heterocycles. The van der Waals surface area contributed by atoms with Crippen LogP contribution in [0.4, 0.5) is 29.1 Å². The van der Waals surface area contributed by atoms with Crippen LogP contribution in [0, 0.1) is 5.41 Å². The zero-order valence-electron chi connectivity index (χ0n) is 18.5. The molecule has 14 heteroatoms. The number of pyridine rings is 1. The topological polar surface area (TPSA) is 141 Å². The summed E-state index contributed by atoms with van der Waals surface area (Å²) >= 11 is 0. The third kappa shape index (κ3) is 6.06. The molecule has 35 heavy (non-hydrogen) atoms. The fourth-order valence-electron chi connectivity index (χ4n) is 3.49. The number of benzene rings is 1. The van der Waals surface area contributed by atoms with Gasteiger partial charge in [0.2, 0.25) is 0 Å². The van der Waals surface area contributed by atoms with Crippen LogP contribution in [0.3, 0.4) is 0 Å². The van der Waals surface area contributed by atoms with Gasteiger partial charge in [0.15, 0.2) is 15.4 Å². The van der Waals surface area contributed by atoms with E-state index in [1.807, 2.05) is 0 Å². The van der Waals surface area contributed by atoms with Crippen LogP contribution >= 0.6 is 0 Å². The number of anilines is 2. The van der Waals surface area contributed by atoms with E-state index in [1.165, 1.54) is 31.2 Å². The first kappa shape index (κ1) is 26.3. The van der Waals surface area contributed by atoms with E-state index >= 15 is 0 Å². The molecule has 2 aromatic rings. The van der Waals surface area contributed by atoms with Crippen molar-refractivity contribution in [3.63, 3.8) is 0 Å². The third-order valence-corrected chi connectivity index (χ3v) is 7.32. The summed E-state index contributed by atoms with van der Waals surface area (Å²) in [7, 11) is -3.27. The minimum Gasteiger partial charge on any atom is -0.435 e. The largest absolute Gasteiger partial charge is 0.435 e. The maximum Gasteiger partial charge on any atom is 0.387 e. The van der Waals surface area contributed by atoms with Gasteiger partial charge in [0.05, 0.1) is 28.3 Å². The van der Waals surface area contributed by atoms with Crippen molar-refractivity contribution in [2.75, 3.05) is 16.8 Å². The van der Waals surface area contributed by atoms with Crippen LogP contribution in [0.15, 0.2) is 36.5 Å². The number of ether oxygens (including phenoxy) is 1. The van der Waals surface area contributed by atoms with Crippen LogP contribution in [-0.4, -0.2) is 65.8 Å². The van der Waals surface area contributed by atoms with Crippen molar-refractivity contribution in [1.82, 2.24) is 10.3 Å². The lowest BCUT2D eigenvalue weighted by Gasteiger charge is -2.38. The molecule has 0 bridgehead atoms. The van der Waals surface area contributed by atoms with Crippen LogP contribution in [0.1, 0.15) is 29.8 Å². The number of hydrogen-bond acceptors (Lipinski definition) is 8. The molecule has 4 N–H and O–H groups in total. The zero-order chi connectivity index (χ0) is 26.2. The Morgan fingerprint density at radius 3 is 2.49 bits per heavy atom. The van der Waals surface area contributed by atoms with Gasteiger partial charge in [-0.25, -0.2) is 22.2 Å². The lowest BCUT2D eigenvalue weighted by Crippen LogP contribution is -2.63. The van der Waals surface area contributed by atoms with E-state index < -0.39 is 45.6 Å². The number of carbonyl (C=O) groups excluding carboxylic acids is 1. The molecule has 2 heterocycles. The van der Waals surface area contributed by atoms with Crippen molar-refractivity contribution in [3.05, 3.63) is 47.7 Å². The van der Waals surface area contributed by atoms with E-state index in [9.17, 15) is 35.9 Å². The van der Waals surface area contributed by atoms with E-state index in [4.69, 9.17) is 5.41 Å². The first-order valence-corrected chi connectivity index (χ1v) is 11.9. The Hall–Kier alpha value is -3.26. The second-order valence-electron chi connectivity index (χ2n) is 8.52. The molecule has 1 atom stereocenters. The molecular weight excluding hydrogens is 496 g/mol. The van der Waals surface area contributed by atoms with Crippen LogP contribution in [-0.2, 0) is 9.84 Å². The molecular formula is C21H22F4N4O5S. The molecule has 1 amide bonds. The van der Waals surface area contributed by atoms with E-state index in [2.05, 4.69) is 20.4 Å². The highest BCUT2D eigenvalue weighted by Crippen LogP contribution is 2.29. The molecule has 9 nitrogen and oxygen atoms in total. The van der Waals surface area contributed by atoms with Crippen molar-refractivity contribution in [2.45, 2.75) is 38.0 Å². The van der Waals surface area contributed by atoms with E-state index in [0.717, 1.165) is 12.3 Å². The summed E-state index contributed by atoms with van der Waals surface area (Å²) in [5.41, 5.74) is -5.31. The predicted octanol–water partition coefficient (Wildman–Crippen LogP) is 2.73. The minimum absolute atomic E-state index is 0.144. The van der Waals surface area contributed by atoms with Gasteiger partial charge < -0.3 is 25.9 Å². The number of rotatable bonds is 9. The van der Waals surface area contributed by atoms with E-state index in [0.29, 0.717) is 6.92 Å². The number of aliphatic hydroxyl groups is 1. The molecule has 1 saturated heterocycles. The highest BCUT2D eigenvalue weighted by Gasteiger charge is 2.46. The average Bonchev–Trinajstić information content (AvgIpc) is 2.71. The molecule has 0 saturated carbocycles. The molecule has 1 aromatic carbocycles. The number of carbonyl (C=O) groups is 1. The first-order valence-electron chi connectivity index (χ1n) is 10.1. The highest BCUT2D eigenvalue weighted by molar-refractivity contribution is 7.93. The summed E-state index contributed by atoms with van der Waals surface area (Å²) in [6.07, 6.45) is -2.30. The third-order valence-electron chi connectivity index (χ3n) is 5.16. The standard InChI is InChI=1S/C21H22F4N4O5S/c1-20(9-35(32,33)10-20)29-17(30)11-6-14(15(26)21(2,31)18(22)23)16(27-8-11)28-12-4-3-5-13(7-12)34-19(24)25/h3-8,18-19,26,31H,9-10H2,1-2H3,(H,27,28)(H,29,30). The zero-order valence-corrected chi connectivity index (χ0v) is 19.3. The van der Waals surface area contributed by atoms with Crippen LogP contribution in [0.25, 0.3) is 0 Å². The Bertz CT molecular complexity index is 1240. The van der Waals surface area contributed by atoms with Crippen molar-refractivity contribution < 1.29 is 40.6 Å². The molecule has 1 aliphatic rings. The Morgan fingerprint density at radius 1 is 1.26 bits per heavy atom. The number of nitrogens with zero attached hydrogens (tertiary/aromatic N) is 1. The molecule has 0 spiro atoms. The molecule has 0 aliphatic carbocycles. The summed E-state index contributed by atoms with van der Waals surface area (Å²) in [5.74, 6) is -1.75. The summed E-state index contributed by atoms with van der Waals surface area (Å²) in [4.78, 5) is 16.7. The average molecular weight is 518 g/mol. The Morgan fingerprint density at radius 2 is 1.91 bits per heavy atom. The molecule has 1 aliphatic heterocycles. The lowest BCUT2D eigenvalue weighted by atomic mass is 9.93. The van der Waals surface area contributed by atoms with Crippen molar-refractivity contribution in [3.8, 4) is 5.75 Å². The second-order valence-corrected chi connectivity index (χ2v) is 10.6. The van der Waals surface area contributed by atoms with Crippen molar-refractivity contribution in [2.24, 2.45) is 0 Å². The fraction of sp³-hybridized carbons (Fsp3) is 0.381. The highest BCUT2D eigenvalue weighted by atomic mass is 32.2. The Balaban J connectivity index is 1.96. The van der Waals surface area contributed by atoms with Gasteiger partial charge >= 0.3 is 6.61 Å². The summed E-state index contributed by atoms with van der Waals surface area (Å²) in [6, 6.07) is 6.27. The smallest absolute Gasteiger partial charge is 0.387 e. The number of halogens is 4. The van der Waals surface area contributed by atoms with Gasteiger partial charge in [-0.15, -0.1) is 0 Å². The normalized spacial score (nSPS) is 17.9. The molecule has 1 unspecified atom stereocenters. The van der Waals surface area contributed by atoms with Crippen molar-refractivity contribution >= 4 is 33.0 Å². The molecule has 190 valence electrons. The number of aromatic nitrogens is 1. The maximum atomic E-state index is 13.4. The van der Waals surface area contributed by atoms with Gasteiger partial charge in [-0.3, -0.25) is 4.79 Å². The number of nitrogens with one attached hydrogen (secondary N) is 3. The summed E-state index contributed by atoms with van der Waals surface area (Å²) in [5, 5.41) is 23.6. The van der Waals surface area contributed by atoms with Gasteiger partial charge in [0.1, 0.15) is 11.6 Å². The number of amides is 1. The van der Waals surface area contributed by atoms with Crippen molar-refractivity contribution in [1.29, 1.82) is 5.41 Å².